The second kappa shape index (κ2) is 29.5. The van der Waals surface area contributed by atoms with Gasteiger partial charge in [-0.05, 0) is 165 Å². The molecule has 0 saturated heterocycles. The molecule has 0 spiro atoms. The number of nitrogens with zero attached hydrogens (tertiary/aromatic N) is 6. The Bertz CT molecular complexity index is 6390. The first-order chi connectivity index (χ1) is 54.5. The number of hydrogen-bond donors (Lipinski definition) is 0. The molecule has 6 nitrogen and oxygen atoms in total. The van der Waals surface area contributed by atoms with E-state index in [2.05, 4.69) is 328 Å². The first kappa shape index (κ1) is 66.2. The van der Waals surface area contributed by atoms with Gasteiger partial charge in [0.05, 0.1) is 0 Å². The van der Waals surface area contributed by atoms with E-state index >= 15 is 0 Å². The van der Waals surface area contributed by atoms with Crippen molar-refractivity contribution in [1.29, 1.82) is 0 Å². The highest BCUT2D eigenvalue weighted by Crippen LogP contribution is 2.48. The third-order valence-corrected chi connectivity index (χ3v) is 21.3. The van der Waals surface area contributed by atoms with Gasteiger partial charge < -0.3 is 0 Å². The van der Waals surface area contributed by atoms with Crippen molar-refractivity contribution < 1.29 is 0 Å². The average molecular weight is 1400 g/mol. The van der Waals surface area contributed by atoms with E-state index in [1.807, 2.05) is 72.8 Å². The molecule has 6 heteroatoms. The molecule has 2 aliphatic rings. The quantitative estimate of drug-likeness (QED) is 0.108. The fourth-order valence-corrected chi connectivity index (χ4v) is 15.8. The molecule has 0 amide bonds. The lowest BCUT2D eigenvalue weighted by Crippen LogP contribution is -2.00. The Hall–Kier alpha value is -14.5. The molecule has 2 aliphatic carbocycles. The maximum absolute atomic E-state index is 5.08. The second-order valence-electron chi connectivity index (χ2n) is 28.0. The van der Waals surface area contributed by atoms with Crippen LogP contribution in [0, 0.1) is 0 Å². The van der Waals surface area contributed by atoms with Crippen molar-refractivity contribution in [3.63, 3.8) is 0 Å². The zero-order valence-electron chi connectivity index (χ0n) is 60.2. The predicted molar refractivity (Wildman–Crippen MR) is 452 cm³/mol. The van der Waals surface area contributed by atoms with E-state index in [9.17, 15) is 0 Å². The Labute approximate surface area is 640 Å². The van der Waals surface area contributed by atoms with Crippen LogP contribution in [0.1, 0.15) is 22.3 Å². The summed E-state index contributed by atoms with van der Waals surface area (Å²) in [4.78, 5) is 30.1. The molecule has 0 unspecified atom stereocenters. The molecule has 2 aromatic heterocycles. The van der Waals surface area contributed by atoms with Gasteiger partial charge in [-0.3, -0.25) is 0 Å². The topological polar surface area (TPSA) is 77.3 Å². The van der Waals surface area contributed by atoms with Crippen molar-refractivity contribution in [2.24, 2.45) is 0 Å². The summed E-state index contributed by atoms with van der Waals surface area (Å²) in [6.07, 6.45) is 1.84. The molecule has 0 radical (unpaired) electrons. The Balaban J connectivity index is 0.000000149. The Morgan fingerprint density at radius 2 is 0.282 bits per heavy atom. The van der Waals surface area contributed by atoms with Crippen molar-refractivity contribution in [3.05, 3.63) is 423 Å². The number of rotatable bonds is 14. The van der Waals surface area contributed by atoms with Crippen LogP contribution in [0.25, 0.3) is 180 Å². The van der Waals surface area contributed by atoms with Crippen molar-refractivity contribution in [3.8, 4) is 180 Å². The molecule has 0 bridgehead atoms. The van der Waals surface area contributed by atoms with E-state index in [4.69, 9.17) is 29.9 Å². The Kier molecular flexibility index (Phi) is 17.7. The molecular formula is C104H70N6. The standard InChI is InChI=1S/2C52H35N3/c1-4-14-35(15-5-1)40-20-10-22-42(32-40)51-53-50(39-18-8-3-9-19-39)54-52(55-51)43-23-11-21-41(33-43)36-28-30-38(31-29-36)45-25-13-27-47-46-26-12-24-44(48(46)34-49(45)47)37-16-6-2-7-17-37;1-4-13-35(14-5-1)36-27-31-41(32-28-36)51-53-50(40-17-8-3-9-18-40)54-52(55-51)43-20-10-19-42(33-43)37-25-29-39(30-26-37)45-22-12-24-47-46-23-11-21-44(48(46)34-49(45)47)38-15-6-2-7-16-38/h2*1-33H,34H2. The number of aromatic nitrogens is 6. The SMILES string of the molecule is c1ccc(-c2ccc(-c3nc(-c4ccccc4)nc(-c4cccc(-c5ccc(-c6cccc7c6Cc6c(-c8ccccc8)cccc6-7)cc5)c4)n3)cc2)cc1.c1ccc(-c2cccc(-c3nc(-c4ccccc4)nc(-c4cccc(-c5ccc(-c6cccc7c6Cc6c(-c8ccccc8)cccc6-7)cc5)c4)n3)c2)cc1. The number of fused-ring (bicyclic) bond motifs is 6. The van der Waals surface area contributed by atoms with Crippen LogP contribution in [0.15, 0.2) is 400 Å². The Morgan fingerprint density at radius 1 is 0.118 bits per heavy atom. The summed E-state index contributed by atoms with van der Waals surface area (Å²) in [6, 6.07) is 141. The lowest BCUT2D eigenvalue weighted by atomic mass is 9.94. The van der Waals surface area contributed by atoms with Crippen LogP contribution in [0.3, 0.4) is 0 Å². The minimum absolute atomic E-state index is 0.640. The fraction of sp³-hybridized carbons (Fsp3) is 0.0192. The van der Waals surface area contributed by atoms with E-state index in [1.165, 1.54) is 94.6 Å². The largest absolute Gasteiger partial charge is 0.208 e. The molecule has 2 heterocycles. The number of benzene rings is 16. The highest BCUT2D eigenvalue weighted by Gasteiger charge is 2.27. The Morgan fingerprint density at radius 3 is 0.573 bits per heavy atom. The van der Waals surface area contributed by atoms with Crippen molar-refractivity contribution in [2.45, 2.75) is 12.8 Å². The first-order valence-electron chi connectivity index (χ1n) is 37.5. The maximum atomic E-state index is 5.08. The molecule has 16 aromatic carbocycles. The van der Waals surface area contributed by atoms with E-state index in [1.54, 1.807) is 0 Å². The van der Waals surface area contributed by atoms with Crippen LogP contribution in [-0.2, 0) is 12.8 Å². The molecule has 18 aromatic rings. The maximum Gasteiger partial charge on any atom is 0.164 e. The summed E-state index contributed by atoms with van der Waals surface area (Å²) in [5, 5.41) is 0. The molecule has 0 fully saturated rings. The normalized spacial score (nSPS) is 11.6. The van der Waals surface area contributed by atoms with Gasteiger partial charge in [-0.1, -0.05) is 382 Å². The summed E-state index contributed by atoms with van der Waals surface area (Å²) in [7, 11) is 0. The molecule has 0 N–H and O–H groups in total. The molecule has 516 valence electrons. The molecule has 0 aliphatic heterocycles. The highest BCUT2D eigenvalue weighted by atomic mass is 15.0. The fourth-order valence-electron chi connectivity index (χ4n) is 15.8. The minimum atomic E-state index is 0.640. The van der Waals surface area contributed by atoms with Gasteiger partial charge in [0.2, 0.25) is 0 Å². The zero-order valence-corrected chi connectivity index (χ0v) is 60.2. The van der Waals surface area contributed by atoms with Crippen LogP contribution >= 0.6 is 0 Å². The van der Waals surface area contributed by atoms with Gasteiger partial charge >= 0.3 is 0 Å². The van der Waals surface area contributed by atoms with Crippen LogP contribution in [0.5, 0.6) is 0 Å². The van der Waals surface area contributed by atoms with Gasteiger partial charge in [0.15, 0.2) is 34.9 Å². The summed E-state index contributed by atoms with van der Waals surface area (Å²) in [6.45, 7) is 0. The van der Waals surface area contributed by atoms with Gasteiger partial charge in [-0.2, -0.15) is 0 Å². The van der Waals surface area contributed by atoms with Crippen LogP contribution in [-0.4, -0.2) is 29.9 Å². The third-order valence-electron chi connectivity index (χ3n) is 21.3. The molecule has 0 atom stereocenters. The van der Waals surface area contributed by atoms with Crippen molar-refractivity contribution >= 4 is 0 Å². The average Bonchev–Trinajstić information content (AvgIpc) is 1.60. The van der Waals surface area contributed by atoms with Gasteiger partial charge in [0.1, 0.15) is 0 Å². The third kappa shape index (κ3) is 13.3. The molecular weight excluding hydrogens is 1330 g/mol. The van der Waals surface area contributed by atoms with E-state index in [0.29, 0.717) is 34.9 Å². The lowest BCUT2D eigenvalue weighted by Gasteiger charge is -2.12. The van der Waals surface area contributed by atoms with E-state index in [0.717, 1.165) is 85.2 Å². The monoisotopic (exact) mass is 1400 g/mol. The summed E-state index contributed by atoms with van der Waals surface area (Å²) in [5.41, 5.74) is 35.9. The van der Waals surface area contributed by atoms with E-state index in [-0.39, 0.29) is 0 Å². The van der Waals surface area contributed by atoms with Gasteiger partial charge in [-0.25, -0.2) is 29.9 Å². The smallest absolute Gasteiger partial charge is 0.164 e. The van der Waals surface area contributed by atoms with Gasteiger partial charge in [-0.15, -0.1) is 0 Å². The van der Waals surface area contributed by atoms with Crippen LogP contribution in [0.4, 0.5) is 0 Å². The van der Waals surface area contributed by atoms with Crippen molar-refractivity contribution in [1.82, 2.24) is 29.9 Å². The summed E-state index contributed by atoms with van der Waals surface area (Å²) >= 11 is 0. The molecule has 0 saturated carbocycles. The minimum Gasteiger partial charge on any atom is -0.208 e. The second-order valence-corrected chi connectivity index (χ2v) is 28.0. The molecule has 110 heavy (non-hydrogen) atoms. The van der Waals surface area contributed by atoms with Crippen LogP contribution < -0.4 is 0 Å². The summed E-state index contributed by atoms with van der Waals surface area (Å²) in [5.74, 6) is 3.87. The van der Waals surface area contributed by atoms with E-state index < -0.39 is 0 Å². The highest BCUT2D eigenvalue weighted by molar-refractivity contribution is 5.92. The van der Waals surface area contributed by atoms with Crippen LogP contribution in [0.2, 0.25) is 0 Å². The predicted octanol–water partition coefficient (Wildman–Crippen LogP) is 26.2. The molecule has 20 rings (SSSR count). The summed E-state index contributed by atoms with van der Waals surface area (Å²) < 4.78 is 0. The lowest BCUT2D eigenvalue weighted by molar-refractivity contribution is 1.07. The number of hydrogen-bond acceptors (Lipinski definition) is 6. The van der Waals surface area contributed by atoms with Gasteiger partial charge in [0, 0.05) is 33.4 Å². The zero-order chi connectivity index (χ0) is 73.1. The first-order valence-corrected chi connectivity index (χ1v) is 37.5. The van der Waals surface area contributed by atoms with Crippen molar-refractivity contribution in [2.75, 3.05) is 0 Å². The van der Waals surface area contributed by atoms with Gasteiger partial charge in [0.25, 0.3) is 0 Å².